The van der Waals surface area contributed by atoms with E-state index in [0.717, 1.165) is 24.4 Å². The van der Waals surface area contributed by atoms with Crippen molar-refractivity contribution in [3.8, 4) is 6.07 Å². The Morgan fingerprint density at radius 3 is 2.38 bits per heavy atom. The minimum absolute atomic E-state index is 0.650. The SMILES string of the molecule is C/N=C(/I)N(C)/C(=C/c1ccc(C#N)cc1)Sc1ccc(Cl)cc1. The number of nitrogens with zero attached hydrogens (tertiary/aromatic N) is 3. The Morgan fingerprint density at radius 1 is 1.21 bits per heavy atom. The van der Waals surface area contributed by atoms with Crippen LogP contribution < -0.4 is 0 Å². The summed E-state index contributed by atoms with van der Waals surface area (Å²) in [5.74, 6) is 0. The van der Waals surface area contributed by atoms with E-state index in [0.29, 0.717) is 5.56 Å². The monoisotopic (exact) mass is 467 g/mol. The first-order valence-corrected chi connectivity index (χ1v) is 9.32. The Bertz CT molecular complexity index is 793. The molecule has 2 aromatic carbocycles. The largest absolute Gasteiger partial charge is 0.319 e. The number of amidine groups is 1. The molecule has 0 unspecified atom stereocenters. The molecule has 24 heavy (non-hydrogen) atoms. The fourth-order valence-electron chi connectivity index (χ4n) is 1.86. The molecule has 0 saturated heterocycles. The maximum absolute atomic E-state index is 8.92. The third-order valence-electron chi connectivity index (χ3n) is 3.16. The van der Waals surface area contributed by atoms with Crippen molar-refractivity contribution in [3.05, 3.63) is 69.7 Å². The van der Waals surface area contributed by atoms with E-state index < -0.39 is 0 Å². The maximum atomic E-state index is 8.92. The zero-order valence-electron chi connectivity index (χ0n) is 13.2. The number of thioether (sulfide) groups is 1. The van der Waals surface area contributed by atoms with Gasteiger partial charge in [-0.15, -0.1) is 0 Å². The molecule has 0 saturated carbocycles. The van der Waals surface area contributed by atoms with Crippen molar-refractivity contribution in [1.29, 1.82) is 5.26 Å². The van der Waals surface area contributed by atoms with E-state index >= 15 is 0 Å². The highest BCUT2D eigenvalue weighted by molar-refractivity contribution is 14.1. The molecule has 0 amide bonds. The summed E-state index contributed by atoms with van der Waals surface area (Å²) >= 11 is 9.80. The molecule has 0 aliphatic carbocycles. The summed E-state index contributed by atoms with van der Waals surface area (Å²) in [6.45, 7) is 0. The first kappa shape index (κ1) is 18.8. The van der Waals surface area contributed by atoms with Gasteiger partial charge in [0.15, 0.2) is 3.84 Å². The van der Waals surface area contributed by atoms with Crippen molar-refractivity contribution in [2.75, 3.05) is 14.1 Å². The van der Waals surface area contributed by atoms with Gasteiger partial charge in [-0.3, -0.25) is 4.99 Å². The molecule has 0 atom stereocenters. The van der Waals surface area contributed by atoms with Gasteiger partial charge < -0.3 is 4.90 Å². The topological polar surface area (TPSA) is 39.4 Å². The number of rotatable bonds is 4. The van der Waals surface area contributed by atoms with Gasteiger partial charge in [0.25, 0.3) is 0 Å². The molecule has 3 nitrogen and oxygen atoms in total. The molecule has 0 bridgehead atoms. The van der Waals surface area contributed by atoms with Gasteiger partial charge in [0, 0.05) is 24.0 Å². The van der Waals surface area contributed by atoms with Crippen LogP contribution in [0.5, 0.6) is 0 Å². The minimum Gasteiger partial charge on any atom is -0.319 e. The molecular formula is C18H15ClIN3S. The van der Waals surface area contributed by atoms with E-state index in [4.69, 9.17) is 16.9 Å². The highest BCUT2D eigenvalue weighted by Gasteiger charge is 2.11. The van der Waals surface area contributed by atoms with Crippen LogP contribution in [0.3, 0.4) is 0 Å². The van der Waals surface area contributed by atoms with Crippen LogP contribution in [0.15, 0.2) is 63.4 Å². The lowest BCUT2D eigenvalue weighted by molar-refractivity contribution is 0.694. The van der Waals surface area contributed by atoms with Crippen molar-refractivity contribution < 1.29 is 0 Å². The standard InChI is InChI=1S/C18H15ClIN3S/c1-22-18(20)23(2)17(24-16-9-7-15(19)8-10-16)11-13-3-5-14(12-21)6-4-13/h3-11H,1-2H3/b17-11-,22-18-. The molecule has 0 aromatic heterocycles. The van der Waals surface area contributed by atoms with Crippen molar-refractivity contribution in [1.82, 2.24) is 4.90 Å². The average molecular weight is 468 g/mol. The predicted molar refractivity (Wildman–Crippen MR) is 112 cm³/mol. The number of benzene rings is 2. The van der Waals surface area contributed by atoms with E-state index in [1.54, 1.807) is 18.8 Å². The Hall–Kier alpha value is -1.49. The molecule has 122 valence electrons. The maximum Gasteiger partial charge on any atom is 0.166 e. The number of hydrogen-bond donors (Lipinski definition) is 0. The first-order chi connectivity index (χ1) is 11.5. The van der Waals surface area contributed by atoms with Crippen molar-refractivity contribution >= 4 is 55.9 Å². The van der Waals surface area contributed by atoms with Gasteiger partial charge >= 0.3 is 0 Å². The molecule has 2 aromatic rings. The Kier molecular flexibility index (Phi) is 7.16. The summed E-state index contributed by atoms with van der Waals surface area (Å²) in [7, 11) is 3.75. The summed E-state index contributed by atoms with van der Waals surface area (Å²) < 4.78 is 0.883. The van der Waals surface area contributed by atoms with Crippen LogP contribution in [0.25, 0.3) is 6.08 Å². The second kappa shape index (κ2) is 9.11. The van der Waals surface area contributed by atoms with Gasteiger partial charge in [-0.2, -0.15) is 5.26 Å². The highest BCUT2D eigenvalue weighted by Crippen LogP contribution is 2.32. The van der Waals surface area contributed by atoms with Crippen LogP contribution in [-0.4, -0.2) is 22.8 Å². The van der Waals surface area contributed by atoms with Crippen LogP contribution in [-0.2, 0) is 0 Å². The number of nitriles is 1. The van der Waals surface area contributed by atoms with Gasteiger partial charge in [-0.05, 0) is 70.6 Å². The first-order valence-electron chi connectivity index (χ1n) is 7.05. The third-order valence-corrected chi connectivity index (χ3v) is 5.72. The van der Waals surface area contributed by atoms with Gasteiger partial charge in [0.1, 0.15) is 0 Å². The van der Waals surface area contributed by atoms with E-state index in [9.17, 15) is 0 Å². The second-order valence-corrected chi connectivity index (χ2v) is 7.32. The quantitative estimate of drug-likeness (QED) is 0.192. The van der Waals surface area contributed by atoms with Crippen LogP contribution in [0.2, 0.25) is 5.02 Å². The van der Waals surface area contributed by atoms with Gasteiger partial charge in [-0.1, -0.05) is 35.5 Å². The minimum atomic E-state index is 0.650. The fourth-order valence-corrected chi connectivity index (χ4v) is 3.34. The molecule has 0 fully saturated rings. The summed E-state index contributed by atoms with van der Waals surface area (Å²) in [6, 6.07) is 17.4. The molecule has 0 aliphatic rings. The van der Waals surface area contributed by atoms with Crippen molar-refractivity contribution in [2.24, 2.45) is 4.99 Å². The van der Waals surface area contributed by atoms with Crippen LogP contribution >= 0.6 is 46.0 Å². The molecule has 0 aliphatic heterocycles. The summed E-state index contributed by atoms with van der Waals surface area (Å²) in [5, 5.41) is 10.7. The van der Waals surface area contributed by atoms with Gasteiger partial charge in [0.05, 0.1) is 16.7 Å². The summed E-state index contributed by atoms with van der Waals surface area (Å²) in [4.78, 5) is 7.36. The van der Waals surface area contributed by atoms with Crippen LogP contribution in [0.1, 0.15) is 11.1 Å². The molecule has 0 radical (unpaired) electrons. The molecule has 0 spiro atoms. The lowest BCUT2D eigenvalue weighted by Gasteiger charge is -2.20. The van der Waals surface area contributed by atoms with Crippen molar-refractivity contribution in [2.45, 2.75) is 4.90 Å². The predicted octanol–water partition coefficient (Wildman–Crippen LogP) is 5.65. The van der Waals surface area contributed by atoms with Gasteiger partial charge in [-0.25, -0.2) is 0 Å². The lowest BCUT2D eigenvalue weighted by atomic mass is 10.1. The number of aliphatic imine (C=N–C) groups is 1. The fraction of sp³-hybridized carbons (Fsp3) is 0.111. The lowest BCUT2D eigenvalue weighted by Crippen LogP contribution is -2.19. The molecule has 2 rings (SSSR count). The van der Waals surface area contributed by atoms with E-state index in [-0.39, 0.29) is 0 Å². The number of halogens is 2. The Balaban J connectivity index is 2.35. The van der Waals surface area contributed by atoms with E-state index in [2.05, 4.69) is 39.7 Å². The second-order valence-electron chi connectivity index (χ2n) is 4.82. The molecular weight excluding hydrogens is 453 g/mol. The zero-order valence-corrected chi connectivity index (χ0v) is 16.9. The summed E-state index contributed by atoms with van der Waals surface area (Å²) in [5.41, 5.74) is 1.68. The van der Waals surface area contributed by atoms with Gasteiger partial charge in [0.2, 0.25) is 0 Å². The molecule has 0 N–H and O–H groups in total. The number of hydrogen-bond acceptors (Lipinski definition) is 3. The summed E-state index contributed by atoms with van der Waals surface area (Å²) in [6.07, 6.45) is 2.07. The normalized spacial score (nSPS) is 12.0. The van der Waals surface area contributed by atoms with Crippen molar-refractivity contribution in [3.63, 3.8) is 0 Å². The zero-order chi connectivity index (χ0) is 17.5. The smallest absolute Gasteiger partial charge is 0.166 e. The Labute approximate surface area is 165 Å². The van der Waals surface area contributed by atoms with Crippen LogP contribution in [0, 0.1) is 11.3 Å². The van der Waals surface area contributed by atoms with E-state index in [1.165, 1.54) is 0 Å². The molecule has 0 heterocycles. The third kappa shape index (κ3) is 5.26. The average Bonchev–Trinajstić information content (AvgIpc) is 2.62. The molecule has 6 heteroatoms. The van der Waals surface area contributed by atoms with Crippen LogP contribution in [0.4, 0.5) is 0 Å². The Morgan fingerprint density at radius 2 is 1.83 bits per heavy atom. The highest BCUT2D eigenvalue weighted by atomic mass is 127. The van der Waals surface area contributed by atoms with E-state index in [1.807, 2.05) is 60.5 Å².